The number of amides is 2. The summed E-state index contributed by atoms with van der Waals surface area (Å²) in [6.45, 7) is 3.42. The third-order valence-corrected chi connectivity index (χ3v) is 5.60. The van der Waals surface area contributed by atoms with Gasteiger partial charge in [-0.1, -0.05) is 62.4 Å². The largest absolute Gasteiger partial charge is 0.480 e. The van der Waals surface area contributed by atoms with Crippen molar-refractivity contribution in [1.29, 1.82) is 0 Å². The van der Waals surface area contributed by atoms with E-state index in [-0.39, 0.29) is 12.3 Å². The Hall–Kier alpha value is -3.65. The lowest BCUT2D eigenvalue weighted by Gasteiger charge is -2.24. The highest BCUT2D eigenvalue weighted by molar-refractivity contribution is 5.93. The number of carbonyl (C=O) groups is 3. The van der Waals surface area contributed by atoms with Gasteiger partial charge in [0.05, 0.1) is 6.04 Å². The maximum Gasteiger partial charge on any atom is 0.326 e. The molecule has 8 nitrogen and oxygen atoms in total. The molecule has 0 unspecified atom stereocenters. The second kappa shape index (κ2) is 10.8. The smallest absolute Gasteiger partial charge is 0.326 e. The monoisotopic (exact) mass is 450 g/mol. The van der Waals surface area contributed by atoms with Crippen LogP contribution in [-0.4, -0.2) is 46.0 Å². The molecule has 0 saturated heterocycles. The van der Waals surface area contributed by atoms with Crippen molar-refractivity contribution in [2.45, 2.75) is 44.8 Å². The number of carbonyl (C=O) groups excluding carboxylic acids is 2. The van der Waals surface area contributed by atoms with Gasteiger partial charge in [-0.25, -0.2) is 4.79 Å². The molecule has 0 aliphatic heterocycles. The van der Waals surface area contributed by atoms with E-state index in [1.807, 2.05) is 54.6 Å². The summed E-state index contributed by atoms with van der Waals surface area (Å²) in [5.74, 6) is -2.50. The predicted octanol–water partition coefficient (Wildman–Crippen LogP) is 1.99. The van der Waals surface area contributed by atoms with Crippen LogP contribution < -0.4 is 16.4 Å². The summed E-state index contributed by atoms with van der Waals surface area (Å²) in [6, 6.07) is 14.1. The minimum Gasteiger partial charge on any atom is -0.480 e. The van der Waals surface area contributed by atoms with Gasteiger partial charge in [-0.15, -0.1) is 0 Å². The van der Waals surface area contributed by atoms with Crippen LogP contribution >= 0.6 is 0 Å². The Bertz CT molecular complexity index is 1110. The summed E-state index contributed by atoms with van der Waals surface area (Å²) in [4.78, 5) is 40.7. The molecule has 2 amide bonds. The maximum absolute atomic E-state index is 13.1. The molecule has 0 fully saturated rings. The second-order valence-corrected chi connectivity index (χ2v) is 8.49. The molecule has 0 bridgehead atoms. The molecule has 8 heteroatoms. The van der Waals surface area contributed by atoms with Crippen molar-refractivity contribution in [3.63, 3.8) is 0 Å². The number of nitrogens with two attached hydrogens (primary N) is 1. The van der Waals surface area contributed by atoms with Crippen LogP contribution in [0.2, 0.25) is 0 Å². The number of hydrogen-bond donors (Lipinski definition) is 5. The number of aromatic amines is 1. The average Bonchev–Trinajstić information content (AvgIpc) is 3.19. The van der Waals surface area contributed by atoms with Gasteiger partial charge >= 0.3 is 5.97 Å². The minimum absolute atomic E-state index is 0.185. The molecule has 6 N–H and O–H groups in total. The van der Waals surface area contributed by atoms with Crippen LogP contribution in [0.3, 0.4) is 0 Å². The molecule has 174 valence electrons. The van der Waals surface area contributed by atoms with E-state index in [0.717, 1.165) is 22.0 Å². The second-order valence-electron chi connectivity index (χ2n) is 8.49. The Morgan fingerprint density at radius 3 is 2.27 bits per heavy atom. The molecule has 0 aliphatic rings. The molecule has 3 atom stereocenters. The van der Waals surface area contributed by atoms with Crippen molar-refractivity contribution in [3.05, 3.63) is 71.9 Å². The van der Waals surface area contributed by atoms with Crippen molar-refractivity contribution >= 4 is 28.7 Å². The summed E-state index contributed by atoms with van der Waals surface area (Å²) < 4.78 is 0. The number of fused-ring (bicyclic) bond motifs is 1. The zero-order valence-electron chi connectivity index (χ0n) is 18.7. The molecule has 0 spiro atoms. The number of benzene rings is 2. The number of carboxylic acids is 1. The molecule has 3 aromatic rings. The van der Waals surface area contributed by atoms with Crippen LogP contribution in [0.25, 0.3) is 10.9 Å². The first-order valence-electron chi connectivity index (χ1n) is 10.9. The first kappa shape index (κ1) is 24.0. The fourth-order valence-corrected chi connectivity index (χ4v) is 3.74. The zero-order valence-corrected chi connectivity index (χ0v) is 18.7. The van der Waals surface area contributed by atoms with Gasteiger partial charge in [-0.2, -0.15) is 0 Å². The van der Waals surface area contributed by atoms with E-state index in [2.05, 4.69) is 15.6 Å². The molecule has 1 aromatic heterocycles. The molecule has 0 saturated carbocycles. The fourth-order valence-electron chi connectivity index (χ4n) is 3.74. The van der Waals surface area contributed by atoms with E-state index in [1.165, 1.54) is 0 Å². The van der Waals surface area contributed by atoms with Gasteiger partial charge in [-0.05, 0) is 29.5 Å². The van der Waals surface area contributed by atoms with Crippen LogP contribution in [0.4, 0.5) is 0 Å². The summed E-state index contributed by atoms with van der Waals surface area (Å²) >= 11 is 0. The molecule has 0 aliphatic carbocycles. The van der Waals surface area contributed by atoms with Crippen LogP contribution in [-0.2, 0) is 27.2 Å². The van der Waals surface area contributed by atoms with Crippen LogP contribution in [0, 0.1) is 5.92 Å². The van der Waals surface area contributed by atoms with Gasteiger partial charge in [-0.3, -0.25) is 9.59 Å². The molecular weight excluding hydrogens is 420 g/mol. The Balaban J connectivity index is 1.80. The highest BCUT2D eigenvalue weighted by atomic mass is 16.4. The van der Waals surface area contributed by atoms with E-state index in [4.69, 9.17) is 5.73 Å². The van der Waals surface area contributed by atoms with Gasteiger partial charge in [0.25, 0.3) is 0 Å². The Kier molecular flexibility index (Phi) is 7.84. The van der Waals surface area contributed by atoms with E-state index in [0.29, 0.717) is 6.42 Å². The summed E-state index contributed by atoms with van der Waals surface area (Å²) in [6.07, 6.45) is 2.29. The van der Waals surface area contributed by atoms with Gasteiger partial charge in [0, 0.05) is 23.5 Å². The number of para-hydroxylation sites is 1. The van der Waals surface area contributed by atoms with Crippen molar-refractivity contribution in [2.24, 2.45) is 11.7 Å². The molecule has 1 heterocycles. The number of aromatic nitrogens is 1. The minimum atomic E-state index is -1.13. The maximum atomic E-state index is 13.1. The lowest BCUT2D eigenvalue weighted by molar-refractivity contribution is -0.143. The fraction of sp³-hybridized carbons (Fsp3) is 0.320. The quantitative estimate of drug-likeness (QED) is 0.322. The molecular formula is C25H30N4O4. The molecule has 0 radical (unpaired) electrons. The standard InChI is InChI=1S/C25H30N4O4/c1-15(2)22(25(32)33)29-24(31)21(13-17-14-27-20-11-7-6-10-18(17)20)28-23(30)19(26)12-16-8-4-3-5-9-16/h3-11,14-15,19,21-22,27H,12-13,26H2,1-2H3,(H,28,30)(H,29,31)(H,32,33)/t19-,21-,22-/m0/s1. The van der Waals surface area contributed by atoms with Crippen molar-refractivity contribution in [1.82, 2.24) is 15.6 Å². The van der Waals surface area contributed by atoms with E-state index >= 15 is 0 Å². The highest BCUT2D eigenvalue weighted by Gasteiger charge is 2.30. The van der Waals surface area contributed by atoms with E-state index in [1.54, 1.807) is 20.0 Å². The van der Waals surface area contributed by atoms with Gasteiger partial charge in [0.2, 0.25) is 11.8 Å². The van der Waals surface area contributed by atoms with Crippen LogP contribution in [0.15, 0.2) is 60.8 Å². The van der Waals surface area contributed by atoms with Crippen molar-refractivity contribution in [2.75, 3.05) is 0 Å². The van der Waals surface area contributed by atoms with Crippen molar-refractivity contribution in [3.8, 4) is 0 Å². The molecule has 2 aromatic carbocycles. The number of H-pyrrole nitrogens is 1. The lowest BCUT2D eigenvalue weighted by atomic mass is 10.0. The first-order valence-corrected chi connectivity index (χ1v) is 10.9. The number of rotatable bonds is 10. The van der Waals surface area contributed by atoms with Crippen molar-refractivity contribution < 1.29 is 19.5 Å². The SMILES string of the molecule is CC(C)[C@H](NC(=O)[C@H](Cc1c[nH]c2ccccc12)NC(=O)[C@@H](N)Cc1ccccc1)C(=O)O. The topological polar surface area (TPSA) is 137 Å². The Morgan fingerprint density at radius 2 is 1.61 bits per heavy atom. The number of hydrogen-bond acceptors (Lipinski definition) is 4. The van der Waals surface area contributed by atoms with E-state index in [9.17, 15) is 19.5 Å². The average molecular weight is 451 g/mol. The Morgan fingerprint density at radius 1 is 0.939 bits per heavy atom. The van der Waals surface area contributed by atoms with Gasteiger partial charge in [0.15, 0.2) is 0 Å². The third-order valence-electron chi connectivity index (χ3n) is 5.60. The lowest BCUT2D eigenvalue weighted by Crippen LogP contribution is -2.56. The highest BCUT2D eigenvalue weighted by Crippen LogP contribution is 2.19. The number of aliphatic carboxylic acids is 1. The van der Waals surface area contributed by atoms with E-state index < -0.39 is 35.9 Å². The zero-order chi connectivity index (χ0) is 24.0. The van der Waals surface area contributed by atoms with Gasteiger partial charge < -0.3 is 26.5 Å². The summed E-state index contributed by atoms with van der Waals surface area (Å²) in [7, 11) is 0. The first-order chi connectivity index (χ1) is 15.8. The predicted molar refractivity (Wildman–Crippen MR) is 126 cm³/mol. The number of carboxylic acid groups (broad SMARTS) is 1. The third kappa shape index (κ3) is 6.20. The summed E-state index contributed by atoms with van der Waals surface area (Å²) in [5.41, 5.74) is 8.76. The number of nitrogens with one attached hydrogen (secondary N) is 3. The Labute approximate surface area is 192 Å². The van der Waals surface area contributed by atoms with Crippen LogP contribution in [0.1, 0.15) is 25.0 Å². The molecule has 33 heavy (non-hydrogen) atoms. The van der Waals surface area contributed by atoms with Crippen LogP contribution in [0.5, 0.6) is 0 Å². The van der Waals surface area contributed by atoms with Gasteiger partial charge in [0.1, 0.15) is 12.1 Å². The molecule has 3 rings (SSSR count). The summed E-state index contributed by atoms with van der Waals surface area (Å²) in [5, 5.41) is 15.7. The normalized spacial score (nSPS) is 13.9.